The Labute approximate surface area is 168 Å². The average molecular weight is 419 g/mol. The van der Waals surface area contributed by atoms with E-state index in [2.05, 4.69) is 34.1 Å². The lowest BCUT2D eigenvalue weighted by Crippen LogP contribution is -2.09. The minimum Gasteiger partial charge on any atom is -0.284 e. The van der Waals surface area contributed by atoms with Crippen molar-refractivity contribution in [3.05, 3.63) is 58.7 Å². The van der Waals surface area contributed by atoms with Crippen LogP contribution >= 0.6 is 22.9 Å². The highest BCUT2D eigenvalue weighted by Gasteiger charge is 2.40. The minimum absolute atomic E-state index is 0.237. The first-order valence-electron chi connectivity index (χ1n) is 8.57. The van der Waals surface area contributed by atoms with E-state index in [4.69, 9.17) is 11.6 Å². The van der Waals surface area contributed by atoms with Crippen LogP contribution in [0, 0.1) is 0 Å². The highest BCUT2D eigenvalue weighted by atomic mass is 35.5. The molecule has 0 amide bonds. The van der Waals surface area contributed by atoms with Crippen LogP contribution in [0.3, 0.4) is 0 Å². The van der Waals surface area contributed by atoms with Crippen LogP contribution in [0.2, 0.25) is 5.02 Å². The molecule has 0 atom stereocenters. The van der Waals surface area contributed by atoms with Crippen LogP contribution < -0.4 is 4.72 Å². The molecular weight excluding hydrogens is 400 g/mol. The molecule has 0 bridgehead atoms. The van der Waals surface area contributed by atoms with Gasteiger partial charge in [-0.1, -0.05) is 18.5 Å². The number of thiophene rings is 1. The molecule has 3 aromatic rings. The lowest BCUT2D eigenvalue weighted by Gasteiger charge is -2.09. The first-order valence-corrected chi connectivity index (χ1v) is 11.7. The summed E-state index contributed by atoms with van der Waals surface area (Å²) in [7, 11) is -3.33. The van der Waals surface area contributed by atoms with E-state index < -0.39 is 10.0 Å². The molecule has 0 saturated heterocycles. The third kappa shape index (κ3) is 4.03. The Morgan fingerprint density at radius 1 is 1.15 bits per heavy atom. The summed E-state index contributed by atoms with van der Waals surface area (Å²) in [5.74, 6) is 0. The van der Waals surface area contributed by atoms with Crippen LogP contribution in [0.5, 0.6) is 0 Å². The van der Waals surface area contributed by atoms with E-state index >= 15 is 0 Å². The average Bonchev–Trinajstić information content (AvgIpc) is 3.17. The van der Waals surface area contributed by atoms with Crippen molar-refractivity contribution in [2.24, 2.45) is 0 Å². The normalized spacial score (nSPS) is 15.5. The molecule has 2 heterocycles. The predicted molar refractivity (Wildman–Crippen MR) is 113 cm³/mol. The summed E-state index contributed by atoms with van der Waals surface area (Å²) in [6, 6.07) is 11.5. The second-order valence-electron chi connectivity index (χ2n) is 7.26. The summed E-state index contributed by atoms with van der Waals surface area (Å²) in [5, 5.41) is 2.63. The molecule has 0 spiro atoms. The van der Waals surface area contributed by atoms with Gasteiger partial charge in [0.2, 0.25) is 10.0 Å². The predicted octanol–water partition coefficient (Wildman–Crippen LogP) is 5.55. The maximum Gasteiger partial charge on any atom is 0.229 e. The van der Waals surface area contributed by atoms with Crippen LogP contribution in [-0.2, 0) is 15.4 Å². The van der Waals surface area contributed by atoms with Crippen molar-refractivity contribution < 1.29 is 8.42 Å². The largest absolute Gasteiger partial charge is 0.284 e. The summed E-state index contributed by atoms with van der Waals surface area (Å²) in [6.45, 7) is 2.25. The molecule has 0 unspecified atom stereocenters. The summed E-state index contributed by atoms with van der Waals surface area (Å²) in [5.41, 5.74) is 5.02. The third-order valence-electron chi connectivity index (χ3n) is 4.85. The summed E-state index contributed by atoms with van der Waals surface area (Å²) in [4.78, 5) is 5.58. The molecule has 1 fully saturated rings. The Morgan fingerprint density at radius 3 is 2.59 bits per heavy atom. The van der Waals surface area contributed by atoms with Crippen molar-refractivity contribution in [3.63, 3.8) is 0 Å². The van der Waals surface area contributed by atoms with Crippen LogP contribution in [-0.4, -0.2) is 19.7 Å². The molecule has 1 N–H and O–H groups in total. The van der Waals surface area contributed by atoms with E-state index in [-0.39, 0.29) is 5.41 Å². The van der Waals surface area contributed by atoms with E-state index in [1.54, 1.807) is 23.5 Å². The lowest BCUT2D eigenvalue weighted by molar-refractivity contribution is 0.607. The van der Waals surface area contributed by atoms with Gasteiger partial charge in [-0.05, 0) is 65.7 Å². The zero-order valence-electron chi connectivity index (χ0n) is 15.0. The van der Waals surface area contributed by atoms with Crippen LogP contribution in [0.25, 0.3) is 21.6 Å². The van der Waals surface area contributed by atoms with E-state index in [0.29, 0.717) is 10.7 Å². The van der Waals surface area contributed by atoms with Crippen LogP contribution in [0.4, 0.5) is 5.69 Å². The molecule has 140 valence electrons. The van der Waals surface area contributed by atoms with Crippen molar-refractivity contribution in [1.82, 2.24) is 4.98 Å². The fraction of sp³-hybridized carbons (Fsp3) is 0.250. The number of hydrogen-bond acceptors (Lipinski definition) is 4. The third-order valence-corrected chi connectivity index (χ3v) is 6.73. The van der Waals surface area contributed by atoms with Gasteiger partial charge in [0.15, 0.2) is 0 Å². The zero-order chi connectivity index (χ0) is 19.2. The fourth-order valence-electron chi connectivity index (χ4n) is 3.01. The zero-order valence-corrected chi connectivity index (χ0v) is 17.4. The number of anilines is 1. The number of sulfonamides is 1. The van der Waals surface area contributed by atoms with Gasteiger partial charge in [-0.2, -0.15) is 0 Å². The number of nitrogens with one attached hydrogen (secondary N) is 1. The highest BCUT2D eigenvalue weighted by Crippen LogP contribution is 2.47. The van der Waals surface area contributed by atoms with Crippen molar-refractivity contribution in [3.8, 4) is 21.6 Å². The Balaban J connectivity index is 1.63. The molecule has 7 heteroatoms. The summed E-state index contributed by atoms with van der Waals surface area (Å²) < 4.78 is 25.2. The molecule has 2 aromatic heterocycles. The second-order valence-corrected chi connectivity index (χ2v) is 10.3. The molecule has 1 aliphatic carbocycles. The SMILES string of the molecule is CC1(c2cc(-c3csc(-c4ccc(NS(C)(=O)=O)cc4Cl)c3)ccn2)CC1. The van der Waals surface area contributed by atoms with Crippen LogP contribution in [0.1, 0.15) is 25.5 Å². The number of nitrogens with zero attached hydrogens (tertiary/aromatic N) is 1. The molecule has 1 aromatic carbocycles. The van der Waals surface area contributed by atoms with Gasteiger partial charge in [-0.3, -0.25) is 9.71 Å². The molecule has 0 aliphatic heterocycles. The molecule has 4 nitrogen and oxygen atoms in total. The van der Waals surface area contributed by atoms with E-state index in [1.165, 1.54) is 12.8 Å². The standard InChI is InChI=1S/C20H19ClN2O2S2/c1-20(6-7-20)19-10-13(5-8-22-19)14-9-18(26-12-14)16-4-3-15(11-17(16)21)23-27(2,24)25/h3-5,8-12,23H,6-7H2,1-2H3. The molecular formula is C20H19ClN2O2S2. The Hall–Kier alpha value is -1.89. The van der Waals surface area contributed by atoms with E-state index in [9.17, 15) is 8.42 Å². The molecule has 1 saturated carbocycles. The highest BCUT2D eigenvalue weighted by molar-refractivity contribution is 7.92. The smallest absolute Gasteiger partial charge is 0.229 e. The van der Waals surface area contributed by atoms with Gasteiger partial charge in [-0.25, -0.2) is 8.42 Å². The first kappa shape index (κ1) is 18.5. The summed E-state index contributed by atoms with van der Waals surface area (Å²) in [6.07, 6.45) is 5.39. The topological polar surface area (TPSA) is 59.1 Å². The van der Waals surface area contributed by atoms with Gasteiger partial charge < -0.3 is 0 Å². The van der Waals surface area contributed by atoms with Gasteiger partial charge >= 0.3 is 0 Å². The van der Waals surface area contributed by atoms with Crippen molar-refractivity contribution in [2.45, 2.75) is 25.2 Å². The van der Waals surface area contributed by atoms with Gasteiger partial charge in [-0.15, -0.1) is 11.3 Å². The number of rotatable bonds is 5. The van der Waals surface area contributed by atoms with Crippen molar-refractivity contribution in [2.75, 3.05) is 11.0 Å². The summed E-state index contributed by atoms with van der Waals surface area (Å²) >= 11 is 8.02. The number of pyridine rings is 1. The van der Waals surface area contributed by atoms with Crippen LogP contribution in [0.15, 0.2) is 48.0 Å². The number of benzene rings is 1. The van der Waals surface area contributed by atoms with Gasteiger partial charge in [0, 0.05) is 33.4 Å². The molecule has 1 aliphatic rings. The Kier molecular flexibility index (Phi) is 4.53. The maximum absolute atomic E-state index is 11.4. The number of halogens is 1. The minimum atomic E-state index is -3.33. The number of aromatic nitrogens is 1. The lowest BCUT2D eigenvalue weighted by atomic mass is 10.0. The van der Waals surface area contributed by atoms with Gasteiger partial charge in [0.25, 0.3) is 0 Å². The second kappa shape index (κ2) is 6.62. The Bertz CT molecular complexity index is 1120. The molecule has 27 heavy (non-hydrogen) atoms. The van der Waals surface area contributed by atoms with Crippen molar-refractivity contribution in [1.29, 1.82) is 0 Å². The molecule has 4 rings (SSSR count). The fourth-order valence-corrected chi connectivity index (χ4v) is 4.86. The van der Waals surface area contributed by atoms with E-state index in [1.807, 2.05) is 18.3 Å². The quantitative estimate of drug-likeness (QED) is 0.590. The Morgan fingerprint density at radius 2 is 1.93 bits per heavy atom. The van der Waals surface area contributed by atoms with E-state index in [0.717, 1.165) is 33.5 Å². The monoisotopic (exact) mass is 418 g/mol. The van der Waals surface area contributed by atoms with Gasteiger partial charge in [0.05, 0.1) is 11.3 Å². The number of hydrogen-bond donors (Lipinski definition) is 1. The van der Waals surface area contributed by atoms with Crippen molar-refractivity contribution >= 4 is 38.6 Å². The van der Waals surface area contributed by atoms with Gasteiger partial charge in [0.1, 0.15) is 0 Å². The maximum atomic E-state index is 11.4. The molecule has 0 radical (unpaired) electrons. The first-order chi connectivity index (χ1) is 12.7.